The van der Waals surface area contributed by atoms with Crippen LogP contribution in [0.15, 0.2) is 24.3 Å². The molecule has 98 valence electrons. The van der Waals surface area contributed by atoms with Crippen molar-refractivity contribution >= 4 is 5.78 Å². The van der Waals surface area contributed by atoms with E-state index < -0.39 is 0 Å². The van der Waals surface area contributed by atoms with Gasteiger partial charge in [0.05, 0.1) is 13.7 Å². The van der Waals surface area contributed by atoms with Crippen LogP contribution in [-0.2, 0) is 4.74 Å². The molecule has 0 amide bonds. The van der Waals surface area contributed by atoms with Gasteiger partial charge in [-0.2, -0.15) is 0 Å². The molecule has 1 aliphatic carbocycles. The molecule has 0 spiro atoms. The molecule has 2 rings (SSSR count). The minimum atomic E-state index is 0.0203. The van der Waals surface area contributed by atoms with Gasteiger partial charge in [0.2, 0.25) is 0 Å². The first kappa shape index (κ1) is 13.1. The third kappa shape index (κ3) is 3.57. The normalized spacial score (nSPS) is 15.8. The molecule has 3 heteroatoms. The standard InChI is InChI=1S/C15H20O3/c1-17-14-8-4-7-13(9-14)15(16)11-18-10-12-5-2-3-6-12/h4,7-9,12H,2-3,5-6,10-11H2,1H3. The van der Waals surface area contributed by atoms with E-state index in [1.165, 1.54) is 25.7 Å². The largest absolute Gasteiger partial charge is 0.497 e. The van der Waals surface area contributed by atoms with Crippen LogP contribution in [0, 0.1) is 5.92 Å². The summed E-state index contributed by atoms with van der Waals surface area (Å²) in [6.07, 6.45) is 5.09. The Labute approximate surface area is 108 Å². The van der Waals surface area contributed by atoms with Gasteiger partial charge in [-0.15, -0.1) is 0 Å². The summed E-state index contributed by atoms with van der Waals surface area (Å²) in [4.78, 5) is 11.9. The molecule has 1 aromatic rings. The number of carbonyl (C=O) groups is 1. The summed E-state index contributed by atoms with van der Waals surface area (Å²) in [5, 5.41) is 0. The lowest BCUT2D eigenvalue weighted by Crippen LogP contribution is -2.13. The second-order valence-electron chi connectivity index (χ2n) is 4.82. The predicted octanol–water partition coefficient (Wildman–Crippen LogP) is 3.08. The molecule has 0 aliphatic heterocycles. The Kier molecular flexibility index (Phi) is 4.76. The number of benzene rings is 1. The first-order chi connectivity index (χ1) is 8.79. The molecule has 0 aromatic heterocycles. The van der Waals surface area contributed by atoms with Gasteiger partial charge in [-0.1, -0.05) is 25.0 Å². The van der Waals surface area contributed by atoms with Gasteiger partial charge in [0.15, 0.2) is 5.78 Å². The van der Waals surface area contributed by atoms with E-state index in [4.69, 9.17) is 9.47 Å². The monoisotopic (exact) mass is 248 g/mol. The van der Waals surface area contributed by atoms with Crippen LogP contribution in [0.1, 0.15) is 36.0 Å². The molecular formula is C15H20O3. The molecule has 0 radical (unpaired) electrons. The van der Waals surface area contributed by atoms with Crippen LogP contribution in [0.5, 0.6) is 5.75 Å². The fraction of sp³-hybridized carbons (Fsp3) is 0.533. The summed E-state index contributed by atoms with van der Waals surface area (Å²) >= 11 is 0. The SMILES string of the molecule is COc1cccc(C(=O)COCC2CCCC2)c1. The molecule has 1 aromatic carbocycles. The maximum absolute atomic E-state index is 11.9. The van der Waals surface area contributed by atoms with Crippen LogP contribution in [0.3, 0.4) is 0 Å². The molecular weight excluding hydrogens is 228 g/mol. The first-order valence-electron chi connectivity index (χ1n) is 6.54. The van der Waals surface area contributed by atoms with Gasteiger partial charge in [0.25, 0.3) is 0 Å². The zero-order chi connectivity index (χ0) is 12.8. The third-order valence-corrected chi connectivity index (χ3v) is 3.45. The molecule has 1 aliphatic rings. The number of carbonyl (C=O) groups excluding carboxylic acids is 1. The van der Waals surface area contributed by atoms with Crippen molar-refractivity contribution < 1.29 is 14.3 Å². The summed E-state index contributed by atoms with van der Waals surface area (Å²) in [5.74, 6) is 1.38. The van der Waals surface area contributed by atoms with Gasteiger partial charge in [0, 0.05) is 5.56 Å². The fourth-order valence-electron chi connectivity index (χ4n) is 2.38. The van der Waals surface area contributed by atoms with E-state index in [1.807, 2.05) is 12.1 Å². The maximum atomic E-state index is 11.9. The number of rotatable bonds is 6. The number of ketones is 1. The number of hydrogen-bond acceptors (Lipinski definition) is 3. The first-order valence-corrected chi connectivity index (χ1v) is 6.54. The summed E-state index contributed by atoms with van der Waals surface area (Å²) in [5.41, 5.74) is 0.653. The van der Waals surface area contributed by atoms with E-state index in [0.29, 0.717) is 17.2 Å². The second kappa shape index (κ2) is 6.55. The van der Waals surface area contributed by atoms with E-state index in [-0.39, 0.29) is 12.4 Å². The van der Waals surface area contributed by atoms with E-state index >= 15 is 0 Å². The quantitative estimate of drug-likeness (QED) is 0.726. The van der Waals surface area contributed by atoms with Crippen molar-refractivity contribution in [2.24, 2.45) is 5.92 Å². The van der Waals surface area contributed by atoms with E-state index in [2.05, 4.69) is 0 Å². The lowest BCUT2D eigenvalue weighted by Gasteiger charge is -2.09. The molecule has 0 heterocycles. The van der Waals surface area contributed by atoms with Crippen LogP contribution in [0.4, 0.5) is 0 Å². The lowest BCUT2D eigenvalue weighted by molar-refractivity contribution is 0.0681. The molecule has 0 saturated heterocycles. The highest BCUT2D eigenvalue weighted by Gasteiger charge is 2.15. The van der Waals surface area contributed by atoms with Crippen molar-refractivity contribution in [3.63, 3.8) is 0 Å². The average Bonchev–Trinajstić information content (AvgIpc) is 2.92. The molecule has 1 saturated carbocycles. The Morgan fingerprint density at radius 3 is 2.83 bits per heavy atom. The molecule has 0 unspecified atom stereocenters. The van der Waals surface area contributed by atoms with Crippen molar-refractivity contribution in [1.82, 2.24) is 0 Å². The third-order valence-electron chi connectivity index (χ3n) is 3.45. The fourth-order valence-corrected chi connectivity index (χ4v) is 2.38. The van der Waals surface area contributed by atoms with Gasteiger partial charge in [-0.25, -0.2) is 0 Å². The Balaban J connectivity index is 1.79. The topological polar surface area (TPSA) is 35.5 Å². The summed E-state index contributed by atoms with van der Waals surface area (Å²) in [6, 6.07) is 7.20. The number of hydrogen-bond donors (Lipinski definition) is 0. The van der Waals surface area contributed by atoms with Gasteiger partial charge < -0.3 is 9.47 Å². The molecule has 1 fully saturated rings. The molecule has 0 atom stereocenters. The Morgan fingerprint density at radius 2 is 2.11 bits per heavy atom. The highest BCUT2D eigenvalue weighted by molar-refractivity contribution is 5.97. The summed E-state index contributed by atoms with van der Waals surface area (Å²) in [7, 11) is 1.60. The van der Waals surface area contributed by atoms with Gasteiger partial charge >= 0.3 is 0 Å². The van der Waals surface area contributed by atoms with Crippen LogP contribution in [-0.4, -0.2) is 26.1 Å². The van der Waals surface area contributed by atoms with Crippen molar-refractivity contribution in [2.75, 3.05) is 20.3 Å². The minimum Gasteiger partial charge on any atom is -0.497 e. The molecule has 0 bridgehead atoms. The maximum Gasteiger partial charge on any atom is 0.188 e. The second-order valence-corrected chi connectivity index (χ2v) is 4.82. The van der Waals surface area contributed by atoms with Crippen molar-refractivity contribution in [3.05, 3.63) is 29.8 Å². The Bertz CT molecular complexity index is 394. The molecule has 18 heavy (non-hydrogen) atoms. The zero-order valence-corrected chi connectivity index (χ0v) is 10.9. The predicted molar refractivity (Wildman–Crippen MR) is 70.1 cm³/mol. The van der Waals surface area contributed by atoms with Crippen LogP contribution >= 0.6 is 0 Å². The highest BCUT2D eigenvalue weighted by Crippen LogP contribution is 2.24. The Hall–Kier alpha value is -1.35. The summed E-state index contributed by atoms with van der Waals surface area (Å²) < 4.78 is 10.6. The summed E-state index contributed by atoms with van der Waals surface area (Å²) in [6.45, 7) is 0.888. The van der Waals surface area contributed by atoms with Crippen LogP contribution < -0.4 is 4.74 Å². The number of Topliss-reactive ketones (excluding diaryl/α,β-unsaturated/α-hetero) is 1. The van der Waals surface area contributed by atoms with E-state index in [0.717, 1.165) is 6.61 Å². The lowest BCUT2D eigenvalue weighted by atomic mass is 10.1. The van der Waals surface area contributed by atoms with E-state index in [9.17, 15) is 4.79 Å². The van der Waals surface area contributed by atoms with Crippen LogP contribution in [0.25, 0.3) is 0 Å². The van der Waals surface area contributed by atoms with Crippen molar-refractivity contribution in [1.29, 1.82) is 0 Å². The van der Waals surface area contributed by atoms with Gasteiger partial charge in [-0.3, -0.25) is 4.79 Å². The van der Waals surface area contributed by atoms with Gasteiger partial charge in [0.1, 0.15) is 12.4 Å². The zero-order valence-electron chi connectivity index (χ0n) is 10.9. The minimum absolute atomic E-state index is 0.0203. The Morgan fingerprint density at radius 1 is 1.33 bits per heavy atom. The number of ether oxygens (including phenoxy) is 2. The van der Waals surface area contributed by atoms with Crippen molar-refractivity contribution in [2.45, 2.75) is 25.7 Å². The molecule has 0 N–H and O–H groups in total. The molecule has 3 nitrogen and oxygen atoms in total. The highest BCUT2D eigenvalue weighted by atomic mass is 16.5. The number of methoxy groups -OCH3 is 1. The average molecular weight is 248 g/mol. The van der Waals surface area contributed by atoms with Crippen molar-refractivity contribution in [3.8, 4) is 5.75 Å². The van der Waals surface area contributed by atoms with E-state index in [1.54, 1.807) is 19.2 Å². The smallest absolute Gasteiger partial charge is 0.188 e. The van der Waals surface area contributed by atoms with Gasteiger partial charge in [-0.05, 0) is 30.9 Å². The van der Waals surface area contributed by atoms with Crippen LogP contribution in [0.2, 0.25) is 0 Å².